The van der Waals surface area contributed by atoms with Gasteiger partial charge >= 0.3 is 6.18 Å². The van der Waals surface area contributed by atoms with Crippen LogP contribution in [-0.2, 0) is 27.4 Å². The maximum absolute atomic E-state index is 12.8. The Labute approximate surface area is 167 Å². The molecule has 0 radical (unpaired) electrons. The van der Waals surface area contributed by atoms with Crippen molar-refractivity contribution in [3.63, 3.8) is 0 Å². The van der Waals surface area contributed by atoms with Gasteiger partial charge in [0.1, 0.15) is 6.54 Å². The first-order valence-electron chi connectivity index (χ1n) is 9.08. The Morgan fingerprint density at radius 1 is 1.14 bits per heavy atom. The van der Waals surface area contributed by atoms with Gasteiger partial charge in [0.2, 0.25) is 15.9 Å². The Kier molecular flexibility index (Phi) is 5.88. The number of fused-ring (bicyclic) bond motifs is 1. The molecule has 29 heavy (non-hydrogen) atoms. The molecule has 3 rings (SSSR count). The van der Waals surface area contributed by atoms with Crippen molar-refractivity contribution in [2.45, 2.75) is 31.5 Å². The molecule has 2 aromatic rings. The third kappa shape index (κ3) is 5.09. The molecule has 2 aromatic carbocycles. The summed E-state index contributed by atoms with van der Waals surface area (Å²) in [5.74, 6) is -0.517. The molecule has 0 saturated carbocycles. The van der Waals surface area contributed by atoms with Crippen molar-refractivity contribution in [3.05, 3.63) is 65.2 Å². The minimum Gasteiger partial charge on any atom is -0.348 e. The zero-order valence-electron chi connectivity index (χ0n) is 15.7. The van der Waals surface area contributed by atoms with E-state index in [1.807, 2.05) is 24.3 Å². The number of carbonyl (C=O) groups excluding carboxylic acids is 1. The number of nitrogens with zero attached hydrogens (tertiary/aromatic N) is 1. The molecule has 0 spiro atoms. The number of nitrogens with one attached hydrogen (secondary N) is 1. The quantitative estimate of drug-likeness (QED) is 0.794. The number of benzene rings is 2. The van der Waals surface area contributed by atoms with Gasteiger partial charge in [-0.3, -0.25) is 9.10 Å². The summed E-state index contributed by atoms with van der Waals surface area (Å²) < 4.78 is 63.4. The monoisotopic (exact) mass is 426 g/mol. The van der Waals surface area contributed by atoms with Crippen molar-refractivity contribution < 1.29 is 26.4 Å². The lowest BCUT2D eigenvalue weighted by Gasteiger charge is -2.28. The second-order valence-electron chi connectivity index (χ2n) is 7.03. The summed E-state index contributed by atoms with van der Waals surface area (Å²) in [5, 5.41) is 2.86. The minimum atomic E-state index is -4.53. The van der Waals surface area contributed by atoms with E-state index in [2.05, 4.69) is 5.32 Å². The lowest BCUT2D eigenvalue weighted by Crippen LogP contribution is -2.42. The smallest absolute Gasteiger partial charge is 0.348 e. The largest absolute Gasteiger partial charge is 0.416 e. The number of halogens is 3. The van der Waals surface area contributed by atoms with E-state index in [9.17, 15) is 26.4 Å². The highest BCUT2D eigenvalue weighted by molar-refractivity contribution is 7.92. The van der Waals surface area contributed by atoms with E-state index in [0.29, 0.717) is 0 Å². The number of hydrogen-bond donors (Lipinski definition) is 1. The summed E-state index contributed by atoms with van der Waals surface area (Å²) in [4.78, 5) is 12.6. The molecule has 156 valence electrons. The first kappa shape index (κ1) is 21.2. The molecule has 0 heterocycles. The summed E-state index contributed by atoms with van der Waals surface area (Å²) in [6.45, 7) is -0.511. The lowest BCUT2D eigenvalue weighted by atomic mass is 9.88. The molecule has 0 unspecified atom stereocenters. The Hall–Kier alpha value is -2.55. The molecule has 1 N–H and O–H groups in total. The second kappa shape index (κ2) is 8.06. The van der Waals surface area contributed by atoms with Crippen LogP contribution in [0.2, 0.25) is 0 Å². The summed E-state index contributed by atoms with van der Waals surface area (Å²) in [6.07, 6.45) is -1.06. The van der Waals surface area contributed by atoms with Crippen molar-refractivity contribution in [1.82, 2.24) is 5.32 Å². The van der Waals surface area contributed by atoms with E-state index in [-0.39, 0.29) is 11.7 Å². The van der Waals surface area contributed by atoms with Crippen LogP contribution in [0.1, 0.15) is 35.6 Å². The molecule has 1 amide bonds. The first-order chi connectivity index (χ1) is 13.6. The number of sulfonamides is 1. The van der Waals surface area contributed by atoms with Gasteiger partial charge in [-0.2, -0.15) is 13.2 Å². The maximum Gasteiger partial charge on any atom is 0.416 e. The first-order valence-corrected chi connectivity index (χ1v) is 10.9. The van der Waals surface area contributed by atoms with Gasteiger partial charge in [-0.05, 0) is 54.7 Å². The SMILES string of the molecule is CS(=O)(=O)N(CC(=O)N[C@H]1CCCc2ccccc21)c1ccc(C(F)(F)F)cc1. The number of amides is 1. The Morgan fingerprint density at radius 2 is 1.79 bits per heavy atom. The molecule has 1 aliphatic carbocycles. The summed E-state index contributed by atoms with van der Waals surface area (Å²) in [6, 6.07) is 11.2. The highest BCUT2D eigenvalue weighted by atomic mass is 32.2. The fourth-order valence-corrected chi connectivity index (χ4v) is 4.35. The molecule has 5 nitrogen and oxygen atoms in total. The maximum atomic E-state index is 12.8. The fourth-order valence-electron chi connectivity index (χ4n) is 3.49. The standard InChI is InChI=1S/C20H21F3N2O3S/c1-29(27,28)25(16-11-9-15(10-12-16)20(21,22)23)13-19(26)24-18-8-4-6-14-5-2-3-7-17(14)18/h2-3,5,7,9-12,18H,4,6,8,13H2,1H3,(H,24,26)/t18-/m0/s1. The van der Waals surface area contributed by atoms with Crippen molar-refractivity contribution in [2.75, 3.05) is 17.1 Å². The van der Waals surface area contributed by atoms with Crippen molar-refractivity contribution in [3.8, 4) is 0 Å². The van der Waals surface area contributed by atoms with Crippen LogP contribution in [0.4, 0.5) is 18.9 Å². The van der Waals surface area contributed by atoms with E-state index in [0.717, 1.165) is 65.2 Å². The predicted octanol–water partition coefficient (Wildman–Crippen LogP) is 3.67. The zero-order valence-corrected chi connectivity index (χ0v) is 16.6. The Balaban J connectivity index is 1.77. The van der Waals surface area contributed by atoms with Crippen LogP contribution in [0.25, 0.3) is 0 Å². The van der Waals surface area contributed by atoms with Gasteiger partial charge in [0, 0.05) is 0 Å². The summed E-state index contributed by atoms with van der Waals surface area (Å²) in [5.41, 5.74) is 1.26. The molecule has 9 heteroatoms. The second-order valence-corrected chi connectivity index (χ2v) is 8.93. The topological polar surface area (TPSA) is 66.5 Å². The van der Waals surface area contributed by atoms with Gasteiger partial charge in [0.15, 0.2) is 0 Å². The average Bonchev–Trinajstić information content (AvgIpc) is 2.65. The van der Waals surface area contributed by atoms with Gasteiger partial charge in [0.25, 0.3) is 0 Å². The molecule has 0 aromatic heterocycles. The van der Waals surface area contributed by atoms with E-state index >= 15 is 0 Å². The molecule has 0 saturated heterocycles. The van der Waals surface area contributed by atoms with Gasteiger partial charge in [-0.1, -0.05) is 24.3 Å². The van der Waals surface area contributed by atoms with Crippen molar-refractivity contribution in [2.24, 2.45) is 0 Å². The fraction of sp³-hybridized carbons (Fsp3) is 0.350. The van der Waals surface area contributed by atoms with Gasteiger partial charge in [0.05, 0.1) is 23.5 Å². The molecular formula is C20H21F3N2O3S. The third-order valence-electron chi connectivity index (χ3n) is 4.87. The minimum absolute atomic E-state index is 0.000283. The zero-order chi connectivity index (χ0) is 21.2. The number of carbonyl (C=O) groups is 1. The average molecular weight is 426 g/mol. The van der Waals surface area contributed by atoms with Crippen LogP contribution in [0, 0.1) is 0 Å². The number of alkyl halides is 3. The van der Waals surface area contributed by atoms with Crippen molar-refractivity contribution >= 4 is 21.6 Å². The molecule has 1 atom stereocenters. The number of rotatable bonds is 5. The molecule has 0 fully saturated rings. The number of aryl methyl sites for hydroxylation is 1. The lowest BCUT2D eigenvalue weighted by molar-refractivity contribution is -0.137. The van der Waals surface area contributed by atoms with Crippen molar-refractivity contribution in [1.29, 1.82) is 0 Å². The van der Waals surface area contributed by atoms with Crippen LogP contribution < -0.4 is 9.62 Å². The highest BCUT2D eigenvalue weighted by Gasteiger charge is 2.31. The van der Waals surface area contributed by atoms with Crippen LogP contribution >= 0.6 is 0 Å². The van der Waals surface area contributed by atoms with Gasteiger partial charge in [-0.15, -0.1) is 0 Å². The van der Waals surface area contributed by atoms with Gasteiger partial charge < -0.3 is 5.32 Å². The Bertz CT molecular complexity index is 989. The molecular weight excluding hydrogens is 405 g/mol. The van der Waals surface area contributed by atoms with Crippen LogP contribution in [0.3, 0.4) is 0 Å². The van der Waals surface area contributed by atoms with Crippen LogP contribution in [-0.4, -0.2) is 27.1 Å². The third-order valence-corrected chi connectivity index (χ3v) is 6.02. The van der Waals surface area contributed by atoms with Gasteiger partial charge in [-0.25, -0.2) is 8.42 Å². The molecule has 0 bridgehead atoms. The Morgan fingerprint density at radius 3 is 2.41 bits per heavy atom. The molecule has 0 aliphatic heterocycles. The number of anilines is 1. The predicted molar refractivity (Wildman–Crippen MR) is 104 cm³/mol. The van der Waals surface area contributed by atoms with E-state index in [4.69, 9.17) is 0 Å². The number of hydrogen-bond acceptors (Lipinski definition) is 3. The summed E-state index contributed by atoms with van der Waals surface area (Å²) >= 11 is 0. The van der Waals surface area contributed by atoms with E-state index in [1.54, 1.807) is 0 Å². The normalized spacial score (nSPS) is 16.8. The van der Waals surface area contributed by atoms with E-state index < -0.39 is 34.2 Å². The van der Waals surface area contributed by atoms with Crippen LogP contribution in [0.15, 0.2) is 48.5 Å². The van der Waals surface area contributed by atoms with E-state index in [1.165, 1.54) is 0 Å². The molecule has 1 aliphatic rings. The van der Waals surface area contributed by atoms with Crippen LogP contribution in [0.5, 0.6) is 0 Å². The highest BCUT2D eigenvalue weighted by Crippen LogP contribution is 2.31. The summed E-state index contributed by atoms with van der Waals surface area (Å²) in [7, 11) is -3.87.